The van der Waals surface area contributed by atoms with Crippen molar-refractivity contribution in [1.82, 2.24) is 9.29 Å². The van der Waals surface area contributed by atoms with Gasteiger partial charge in [0.25, 0.3) is 0 Å². The van der Waals surface area contributed by atoms with E-state index in [0.29, 0.717) is 25.4 Å². The first kappa shape index (κ1) is 15.1. The Hall–Kier alpha value is -0.790. The fraction of sp³-hybridized carbons (Fsp3) is 0.643. The monoisotopic (exact) mass is 328 g/mol. The molecule has 3 rings (SSSR count). The van der Waals surface area contributed by atoms with E-state index in [9.17, 15) is 8.42 Å². The lowest BCUT2D eigenvalue weighted by Crippen LogP contribution is -2.61. The molecule has 2 aliphatic heterocycles. The van der Waals surface area contributed by atoms with Gasteiger partial charge in [-0.2, -0.15) is 4.31 Å². The van der Waals surface area contributed by atoms with Crippen LogP contribution in [0, 0.1) is 0 Å². The summed E-state index contributed by atoms with van der Waals surface area (Å²) in [4.78, 5) is 4.17. The maximum atomic E-state index is 12.0. The van der Waals surface area contributed by atoms with Crippen molar-refractivity contribution in [1.29, 1.82) is 0 Å². The van der Waals surface area contributed by atoms with Crippen LogP contribution in [0.25, 0.3) is 0 Å². The van der Waals surface area contributed by atoms with Crippen LogP contribution in [0.1, 0.15) is 19.8 Å². The second-order valence-electron chi connectivity index (χ2n) is 5.69. The third kappa shape index (κ3) is 3.19. The number of hydrogen-bond donors (Lipinski definition) is 0. The average molecular weight is 328 g/mol. The normalized spacial score (nSPS) is 24.9. The molecule has 7 heteroatoms. The lowest BCUT2D eigenvalue weighted by Gasteiger charge is -2.46. The molecule has 0 amide bonds. The van der Waals surface area contributed by atoms with E-state index in [1.807, 2.05) is 36.9 Å². The average Bonchev–Trinajstić information content (AvgIpc) is 2.82. The first-order valence-corrected chi connectivity index (χ1v) is 9.82. The number of ether oxygens (including phenoxy) is 1. The Morgan fingerprint density at radius 3 is 2.95 bits per heavy atom. The van der Waals surface area contributed by atoms with E-state index in [0.717, 1.165) is 12.2 Å². The molecule has 1 aromatic rings. The van der Waals surface area contributed by atoms with Crippen molar-refractivity contribution in [2.24, 2.45) is 0 Å². The Morgan fingerprint density at radius 2 is 2.29 bits per heavy atom. The molecule has 2 fully saturated rings. The van der Waals surface area contributed by atoms with E-state index in [1.165, 1.54) is 0 Å². The van der Waals surface area contributed by atoms with E-state index in [4.69, 9.17) is 4.74 Å². The zero-order valence-electron chi connectivity index (χ0n) is 12.1. The number of rotatable bonds is 5. The van der Waals surface area contributed by atoms with Crippen LogP contribution in [0.15, 0.2) is 24.4 Å². The number of thioether (sulfide) groups is 1. The molecule has 2 aliphatic rings. The fourth-order valence-electron chi connectivity index (χ4n) is 2.87. The highest BCUT2D eigenvalue weighted by Gasteiger charge is 2.53. The first-order chi connectivity index (χ1) is 10.0. The summed E-state index contributed by atoms with van der Waals surface area (Å²) >= 11 is 1.84. The molecular weight excluding hydrogens is 308 g/mol. The maximum Gasteiger partial charge on any atom is 0.214 e. The topological polar surface area (TPSA) is 59.5 Å². The summed E-state index contributed by atoms with van der Waals surface area (Å²) in [6.45, 7) is 3.15. The van der Waals surface area contributed by atoms with Crippen molar-refractivity contribution < 1.29 is 13.2 Å². The highest BCUT2D eigenvalue weighted by atomic mass is 32.2. The van der Waals surface area contributed by atoms with Crippen LogP contribution in [-0.4, -0.2) is 53.2 Å². The molecule has 0 N–H and O–H groups in total. The van der Waals surface area contributed by atoms with Crippen LogP contribution >= 0.6 is 11.8 Å². The molecule has 0 saturated carbocycles. The minimum Gasteiger partial charge on any atom is -0.473 e. The Morgan fingerprint density at radius 1 is 1.48 bits per heavy atom. The molecule has 0 bridgehead atoms. The molecule has 116 valence electrons. The molecule has 3 heterocycles. The van der Waals surface area contributed by atoms with E-state index >= 15 is 0 Å². The molecular formula is C14H20N2O3S2. The fourth-order valence-corrected chi connectivity index (χ4v) is 6.21. The molecule has 5 nitrogen and oxygen atoms in total. The van der Waals surface area contributed by atoms with Crippen molar-refractivity contribution in [3.63, 3.8) is 0 Å². The molecule has 0 radical (unpaired) electrons. The smallest absolute Gasteiger partial charge is 0.214 e. The van der Waals surface area contributed by atoms with Gasteiger partial charge < -0.3 is 4.74 Å². The summed E-state index contributed by atoms with van der Waals surface area (Å²) in [7, 11) is -3.05. The van der Waals surface area contributed by atoms with Crippen molar-refractivity contribution in [2.75, 3.05) is 24.6 Å². The Balaban J connectivity index is 1.55. The van der Waals surface area contributed by atoms with Gasteiger partial charge in [-0.25, -0.2) is 13.4 Å². The maximum absolute atomic E-state index is 12.0. The van der Waals surface area contributed by atoms with Gasteiger partial charge in [0, 0.05) is 42.3 Å². The molecule has 0 aliphatic carbocycles. The molecule has 2 saturated heterocycles. The van der Waals surface area contributed by atoms with E-state index in [1.54, 1.807) is 10.5 Å². The third-order valence-electron chi connectivity index (χ3n) is 3.88. The molecule has 1 spiro atoms. The van der Waals surface area contributed by atoms with Crippen LogP contribution in [0.2, 0.25) is 0 Å². The zero-order chi connectivity index (χ0) is 14.9. The SMILES string of the molecule is CCCS(=O)(=O)N1CC2(C[C@@H](Oc3ccccn3)CS2)C1. The summed E-state index contributed by atoms with van der Waals surface area (Å²) in [5.74, 6) is 1.80. The van der Waals surface area contributed by atoms with E-state index in [-0.39, 0.29) is 16.6 Å². The van der Waals surface area contributed by atoms with Crippen molar-refractivity contribution in [2.45, 2.75) is 30.6 Å². The van der Waals surface area contributed by atoms with Gasteiger partial charge in [0.1, 0.15) is 6.10 Å². The van der Waals surface area contributed by atoms with Crippen LogP contribution in [-0.2, 0) is 10.0 Å². The highest BCUT2D eigenvalue weighted by molar-refractivity contribution is 8.01. The molecule has 1 atom stereocenters. The number of nitrogens with zero attached hydrogens (tertiary/aromatic N) is 2. The van der Waals surface area contributed by atoms with Crippen molar-refractivity contribution in [3.8, 4) is 5.88 Å². The third-order valence-corrected chi connectivity index (χ3v) is 7.43. The van der Waals surface area contributed by atoms with Crippen LogP contribution in [0.5, 0.6) is 5.88 Å². The largest absolute Gasteiger partial charge is 0.473 e. The summed E-state index contributed by atoms with van der Waals surface area (Å²) in [6.07, 6.45) is 3.41. The first-order valence-electron chi connectivity index (χ1n) is 7.22. The number of aromatic nitrogens is 1. The predicted octanol–water partition coefficient (Wildman–Crippen LogP) is 1.76. The molecule has 0 unspecified atom stereocenters. The van der Waals surface area contributed by atoms with Crippen LogP contribution < -0.4 is 4.74 Å². The Bertz CT molecular complexity index is 585. The second-order valence-corrected chi connectivity index (χ2v) is 9.27. The van der Waals surface area contributed by atoms with Gasteiger partial charge in [-0.3, -0.25) is 0 Å². The van der Waals surface area contributed by atoms with Gasteiger partial charge in [0.15, 0.2) is 0 Å². The predicted molar refractivity (Wildman–Crippen MR) is 84.1 cm³/mol. The summed E-state index contributed by atoms with van der Waals surface area (Å²) in [6, 6.07) is 5.62. The van der Waals surface area contributed by atoms with E-state index < -0.39 is 10.0 Å². The summed E-state index contributed by atoms with van der Waals surface area (Å²) in [5, 5.41) is 0. The molecule has 21 heavy (non-hydrogen) atoms. The zero-order valence-corrected chi connectivity index (χ0v) is 13.7. The van der Waals surface area contributed by atoms with E-state index in [2.05, 4.69) is 4.98 Å². The summed E-state index contributed by atoms with van der Waals surface area (Å²) < 4.78 is 31.6. The quantitative estimate of drug-likeness (QED) is 0.824. The van der Waals surface area contributed by atoms with Crippen LogP contribution in [0.4, 0.5) is 0 Å². The van der Waals surface area contributed by atoms with Gasteiger partial charge in [-0.05, 0) is 12.5 Å². The number of sulfonamides is 1. The van der Waals surface area contributed by atoms with Gasteiger partial charge in [-0.15, -0.1) is 11.8 Å². The highest BCUT2D eigenvalue weighted by Crippen LogP contribution is 2.46. The Kier molecular flexibility index (Phi) is 4.16. The van der Waals surface area contributed by atoms with Gasteiger partial charge >= 0.3 is 0 Å². The van der Waals surface area contributed by atoms with Crippen LogP contribution in [0.3, 0.4) is 0 Å². The minimum atomic E-state index is -3.05. The molecule has 0 aromatic carbocycles. The summed E-state index contributed by atoms with van der Waals surface area (Å²) in [5.41, 5.74) is 0. The lowest BCUT2D eigenvalue weighted by molar-refractivity contribution is 0.155. The van der Waals surface area contributed by atoms with Gasteiger partial charge in [-0.1, -0.05) is 13.0 Å². The standard InChI is InChI=1S/C14H20N2O3S2/c1-2-7-21(17,18)16-10-14(11-16)8-12(9-20-14)19-13-5-3-4-6-15-13/h3-6,12H,2,7-11H2,1H3/t12-/m1/s1. The number of hydrogen-bond acceptors (Lipinski definition) is 5. The van der Waals surface area contributed by atoms with Gasteiger partial charge in [0.2, 0.25) is 15.9 Å². The van der Waals surface area contributed by atoms with Crippen molar-refractivity contribution in [3.05, 3.63) is 24.4 Å². The number of pyridine rings is 1. The Labute approximate surface area is 130 Å². The second kappa shape index (κ2) is 5.78. The van der Waals surface area contributed by atoms with Gasteiger partial charge in [0.05, 0.1) is 5.75 Å². The minimum absolute atomic E-state index is 0.0558. The molecule has 1 aromatic heterocycles. The lowest BCUT2D eigenvalue weighted by atomic mass is 9.95. The van der Waals surface area contributed by atoms with Crippen molar-refractivity contribution >= 4 is 21.8 Å².